The second kappa shape index (κ2) is 5.34. The Morgan fingerprint density at radius 3 is 2.14 bits per heavy atom. The molecule has 1 atom stereocenters. The van der Waals surface area contributed by atoms with Crippen LogP contribution in [-0.2, 0) is 0 Å². The third kappa shape index (κ3) is 2.57. The van der Waals surface area contributed by atoms with E-state index in [-0.39, 0.29) is 6.04 Å². The zero-order valence-electron chi connectivity index (χ0n) is 12.9. The van der Waals surface area contributed by atoms with Crippen LogP contribution in [0.25, 0.3) is 10.8 Å². The van der Waals surface area contributed by atoms with Gasteiger partial charge in [-0.05, 0) is 65.4 Å². The minimum absolute atomic E-state index is 0.0751. The summed E-state index contributed by atoms with van der Waals surface area (Å²) in [5.74, 6) is 0. The highest BCUT2D eigenvalue weighted by Crippen LogP contribution is 2.27. The van der Waals surface area contributed by atoms with Gasteiger partial charge in [0, 0.05) is 0 Å². The van der Waals surface area contributed by atoms with Crippen molar-refractivity contribution in [1.82, 2.24) is 0 Å². The molecule has 0 aliphatic rings. The first-order chi connectivity index (χ1) is 10.1. The Bertz CT molecular complexity index is 802. The third-order valence-electron chi connectivity index (χ3n) is 4.35. The van der Waals surface area contributed by atoms with Gasteiger partial charge in [0.1, 0.15) is 0 Å². The van der Waals surface area contributed by atoms with E-state index in [0.29, 0.717) is 0 Å². The molecule has 0 saturated heterocycles. The summed E-state index contributed by atoms with van der Waals surface area (Å²) < 4.78 is 0. The predicted octanol–water partition coefficient (Wildman–Crippen LogP) is 4.81. The summed E-state index contributed by atoms with van der Waals surface area (Å²) in [6, 6.07) is 19.3. The van der Waals surface area contributed by atoms with Gasteiger partial charge >= 0.3 is 0 Å². The molecule has 0 amide bonds. The number of benzene rings is 3. The zero-order valence-corrected chi connectivity index (χ0v) is 12.9. The normalized spacial score (nSPS) is 12.6. The molecule has 3 aromatic rings. The Hall–Kier alpha value is -2.12. The lowest BCUT2D eigenvalue weighted by atomic mass is 9.91. The SMILES string of the molecule is Cc1cc(C)c(C(N)c2ccc3ccccc3c2)cc1C. The first kappa shape index (κ1) is 13.8. The van der Waals surface area contributed by atoms with E-state index < -0.39 is 0 Å². The zero-order chi connectivity index (χ0) is 15.0. The predicted molar refractivity (Wildman–Crippen MR) is 90.6 cm³/mol. The Kier molecular flexibility index (Phi) is 3.52. The highest BCUT2D eigenvalue weighted by molar-refractivity contribution is 5.83. The van der Waals surface area contributed by atoms with Gasteiger partial charge < -0.3 is 5.73 Å². The lowest BCUT2D eigenvalue weighted by molar-refractivity contribution is 0.860. The van der Waals surface area contributed by atoms with Gasteiger partial charge in [-0.2, -0.15) is 0 Å². The molecule has 0 heterocycles. The van der Waals surface area contributed by atoms with Crippen molar-refractivity contribution in [3.8, 4) is 0 Å². The molecule has 0 fully saturated rings. The minimum atomic E-state index is -0.0751. The van der Waals surface area contributed by atoms with Crippen LogP contribution in [0.3, 0.4) is 0 Å². The lowest BCUT2D eigenvalue weighted by Gasteiger charge is -2.18. The molecule has 2 N–H and O–H groups in total. The summed E-state index contributed by atoms with van der Waals surface area (Å²) in [4.78, 5) is 0. The van der Waals surface area contributed by atoms with Gasteiger partial charge in [-0.15, -0.1) is 0 Å². The van der Waals surface area contributed by atoms with E-state index in [0.717, 1.165) is 0 Å². The largest absolute Gasteiger partial charge is 0.320 e. The molecule has 1 nitrogen and oxygen atoms in total. The van der Waals surface area contributed by atoms with E-state index in [4.69, 9.17) is 5.73 Å². The summed E-state index contributed by atoms with van der Waals surface area (Å²) in [5, 5.41) is 2.50. The maximum Gasteiger partial charge on any atom is 0.0554 e. The summed E-state index contributed by atoms with van der Waals surface area (Å²) in [6.07, 6.45) is 0. The Labute approximate surface area is 126 Å². The highest BCUT2D eigenvalue weighted by atomic mass is 14.6. The summed E-state index contributed by atoms with van der Waals surface area (Å²) in [5.41, 5.74) is 12.8. The fourth-order valence-electron chi connectivity index (χ4n) is 2.90. The van der Waals surface area contributed by atoms with Crippen molar-refractivity contribution in [3.05, 3.63) is 82.4 Å². The van der Waals surface area contributed by atoms with Gasteiger partial charge in [0.15, 0.2) is 0 Å². The molecule has 1 heteroatoms. The Morgan fingerprint density at radius 2 is 1.38 bits per heavy atom. The molecule has 21 heavy (non-hydrogen) atoms. The Morgan fingerprint density at radius 1 is 0.714 bits per heavy atom. The fourth-order valence-corrected chi connectivity index (χ4v) is 2.90. The van der Waals surface area contributed by atoms with Gasteiger partial charge in [-0.1, -0.05) is 48.5 Å². The smallest absolute Gasteiger partial charge is 0.0554 e. The van der Waals surface area contributed by atoms with Crippen molar-refractivity contribution in [3.63, 3.8) is 0 Å². The van der Waals surface area contributed by atoms with Crippen LogP contribution in [0.15, 0.2) is 54.6 Å². The van der Waals surface area contributed by atoms with Crippen molar-refractivity contribution >= 4 is 10.8 Å². The molecular formula is C20H21N. The molecule has 0 spiro atoms. The monoisotopic (exact) mass is 275 g/mol. The number of rotatable bonds is 2. The summed E-state index contributed by atoms with van der Waals surface area (Å²) >= 11 is 0. The first-order valence-electron chi connectivity index (χ1n) is 7.38. The molecule has 0 radical (unpaired) electrons. The van der Waals surface area contributed by atoms with Crippen LogP contribution in [-0.4, -0.2) is 0 Å². The minimum Gasteiger partial charge on any atom is -0.320 e. The molecule has 0 saturated carbocycles. The summed E-state index contributed by atoms with van der Waals surface area (Å²) in [7, 11) is 0. The molecule has 3 aromatic carbocycles. The maximum atomic E-state index is 6.53. The van der Waals surface area contributed by atoms with Crippen LogP contribution in [0.5, 0.6) is 0 Å². The second-order valence-electron chi connectivity index (χ2n) is 5.88. The van der Waals surface area contributed by atoms with E-state index in [1.807, 2.05) is 0 Å². The average molecular weight is 275 g/mol. The highest BCUT2D eigenvalue weighted by Gasteiger charge is 2.13. The van der Waals surface area contributed by atoms with Gasteiger partial charge in [0.2, 0.25) is 0 Å². The van der Waals surface area contributed by atoms with Gasteiger partial charge in [0.25, 0.3) is 0 Å². The third-order valence-corrected chi connectivity index (χ3v) is 4.35. The summed E-state index contributed by atoms with van der Waals surface area (Å²) in [6.45, 7) is 6.43. The van der Waals surface area contributed by atoms with Gasteiger partial charge in [0.05, 0.1) is 6.04 Å². The standard InChI is InChI=1S/C20H21N/c1-13-10-15(3)19(11-14(13)2)20(21)18-9-8-16-6-4-5-7-17(16)12-18/h4-12,20H,21H2,1-3H3. The lowest BCUT2D eigenvalue weighted by Crippen LogP contribution is -2.13. The van der Waals surface area contributed by atoms with Crippen molar-refractivity contribution in [1.29, 1.82) is 0 Å². The molecule has 0 aliphatic heterocycles. The van der Waals surface area contributed by atoms with Crippen LogP contribution in [0.1, 0.15) is 33.9 Å². The van der Waals surface area contributed by atoms with Crippen LogP contribution >= 0.6 is 0 Å². The van der Waals surface area contributed by atoms with E-state index in [1.54, 1.807) is 0 Å². The van der Waals surface area contributed by atoms with Crippen LogP contribution in [0, 0.1) is 20.8 Å². The average Bonchev–Trinajstić information content (AvgIpc) is 2.50. The molecular weight excluding hydrogens is 254 g/mol. The van der Waals surface area contributed by atoms with E-state index in [2.05, 4.69) is 75.4 Å². The molecule has 0 aliphatic carbocycles. The number of nitrogens with two attached hydrogens (primary N) is 1. The van der Waals surface area contributed by atoms with E-state index in [9.17, 15) is 0 Å². The van der Waals surface area contributed by atoms with Crippen LogP contribution < -0.4 is 5.73 Å². The topological polar surface area (TPSA) is 26.0 Å². The van der Waals surface area contributed by atoms with Crippen molar-refractivity contribution in [2.45, 2.75) is 26.8 Å². The van der Waals surface area contributed by atoms with Crippen LogP contribution in [0.4, 0.5) is 0 Å². The molecule has 0 aromatic heterocycles. The molecule has 3 rings (SSSR count). The molecule has 106 valence electrons. The first-order valence-corrected chi connectivity index (χ1v) is 7.38. The quantitative estimate of drug-likeness (QED) is 0.713. The van der Waals surface area contributed by atoms with Crippen LogP contribution in [0.2, 0.25) is 0 Å². The van der Waals surface area contributed by atoms with E-state index >= 15 is 0 Å². The van der Waals surface area contributed by atoms with Crippen molar-refractivity contribution in [2.24, 2.45) is 5.73 Å². The van der Waals surface area contributed by atoms with Gasteiger partial charge in [-0.25, -0.2) is 0 Å². The maximum absolute atomic E-state index is 6.53. The number of hydrogen-bond donors (Lipinski definition) is 1. The fraction of sp³-hybridized carbons (Fsp3) is 0.200. The number of fused-ring (bicyclic) bond motifs is 1. The number of hydrogen-bond acceptors (Lipinski definition) is 1. The van der Waals surface area contributed by atoms with Crippen molar-refractivity contribution < 1.29 is 0 Å². The molecule has 0 bridgehead atoms. The van der Waals surface area contributed by atoms with Crippen molar-refractivity contribution in [2.75, 3.05) is 0 Å². The molecule has 1 unspecified atom stereocenters. The Balaban J connectivity index is 2.07. The second-order valence-corrected chi connectivity index (χ2v) is 5.88. The number of aryl methyl sites for hydroxylation is 3. The van der Waals surface area contributed by atoms with E-state index in [1.165, 1.54) is 38.6 Å². The van der Waals surface area contributed by atoms with Gasteiger partial charge in [-0.3, -0.25) is 0 Å².